The summed E-state index contributed by atoms with van der Waals surface area (Å²) < 4.78 is 6.49. The number of ether oxygens (including phenoxy) is 1. The first kappa shape index (κ1) is 27.9. The van der Waals surface area contributed by atoms with Gasteiger partial charge < -0.3 is 4.74 Å². The molecular formula is C45H30N2O. The Labute approximate surface area is 279 Å². The van der Waals surface area contributed by atoms with Crippen LogP contribution in [0.5, 0.6) is 11.5 Å². The summed E-state index contributed by atoms with van der Waals surface area (Å²) in [6.07, 6.45) is 0. The van der Waals surface area contributed by atoms with Crippen LogP contribution in [0.2, 0.25) is 0 Å². The van der Waals surface area contributed by atoms with E-state index in [2.05, 4.69) is 152 Å². The van der Waals surface area contributed by atoms with Crippen LogP contribution < -0.4 is 4.74 Å². The number of rotatable bonds is 5. The lowest BCUT2D eigenvalue weighted by atomic mass is 9.63. The minimum Gasteiger partial charge on any atom is -0.457 e. The van der Waals surface area contributed by atoms with Crippen molar-refractivity contribution in [2.45, 2.75) is 5.41 Å². The van der Waals surface area contributed by atoms with Gasteiger partial charge in [-0.25, -0.2) is 9.97 Å². The molecule has 48 heavy (non-hydrogen) atoms. The fraction of sp³-hybridized carbons (Fsp3) is 0.0222. The number of benzene rings is 7. The standard InChI is InChI=1S/C45H30N2O/c1-3-15-33(16-4-1)44-46-40(30-41(47-44)37-21-13-17-31-14-7-8-20-36(31)37)32-26-28-35(29-27-32)45(34-18-5-2-6-19-34)38-22-9-11-24-42(38)48-43-25-12-10-23-39(43)45/h1-30H. The molecule has 1 aromatic heterocycles. The summed E-state index contributed by atoms with van der Waals surface area (Å²) in [6, 6.07) is 63.7. The normalized spacial score (nSPS) is 12.9. The molecule has 1 aliphatic heterocycles. The Hall–Kier alpha value is -6.32. The molecule has 9 rings (SSSR count). The average molecular weight is 615 g/mol. The molecule has 0 N–H and O–H groups in total. The lowest BCUT2D eigenvalue weighted by Crippen LogP contribution is -2.34. The third-order valence-corrected chi connectivity index (χ3v) is 9.45. The van der Waals surface area contributed by atoms with Gasteiger partial charge in [-0.15, -0.1) is 0 Å². The van der Waals surface area contributed by atoms with Crippen LogP contribution in [0, 0.1) is 0 Å². The number of para-hydroxylation sites is 2. The minimum atomic E-state index is -0.569. The Morgan fingerprint density at radius 2 is 0.979 bits per heavy atom. The van der Waals surface area contributed by atoms with Crippen LogP contribution in [-0.4, -0.2) is 9.97 Å². The number of hydrogen-bond acceptors (Lipinski definition) is 3. The lowest BCUT2D eigenvalue weighted by molar-refractivity contribution is 0.434. The van der Waals surface area contributed by atoms with E-state index in [1.807, 2.05) is 30.3 Å². The SMILES string of the molecule is c1ccc(-c2nc(-c3ccc(C4(c5ccccc5)c5ccccc5Oc5ccccc54)cc3)cc(-c3cccc4ccccc34)n2)cc1. The quantitative estimate of drug-likeness (QED) is 0.193. The van der Waals surface area contributed by atoms with Crippen LogP contribution >= 0.6 is 0 Å². The molecule has 0 saturated heterocycles. The van der Waals surface area contributed by atoms with Gasteiger partial charge in [0.25, 0.3) is 0 Å². The molecule has 1 aliphatic rings. The summed E-state index contributed by atoms with van der Waals surface area (Å²) in [5.41, 5.74) is 8.88. The fourth-order valence-electron chi connectivity index (χ4n) is 7.26. The monoisotopic (exact) mass is 614 g/mol. The van der Waals surface area contributed by atoms with Gasteiger partial charge in [0, 0.05) is 27.8 Å². The van der Waals surface area contributed by atoms with Crippen molar-refractivity contribution in [1.82, 2.24) is 9.97 Å². The summed E-state index contributed by atoms with van der Waals surface area (Å²) in [7, 11) is 0. The van der Waals surface area contributed by atoms with Crippen LogP contribution in [0.3, 0.4) is 0 Å². The summed E-state index contributed by atoms with van der Waals surface area (Å²) in [5.74, 6) is 2.44. The molecule has 226 valence electrons. The van der Waals surface area contributed by atoms with E-state index in [0.717, 1.165) is 56.3 Å². The van der Waals surface area contributed by atoms with Crippen molar-refractivity contribution in [2.24, 2.45) is 0 Å². The number of aromatic nitrogens is 2. The smallest absolute Gasteiger partial charge is 0.160 e. The number of fused-ring (bicyclic) bond motifs is 3. The number of hydrogen-bond donors (Lipinski definition) is 0. The predicted molar refractivity (Wildman–Crippen MR) is 194 cm³/mol. The summed E-state index contributed by atoms with van der Waals surface area (Å²) >= 11 is 0. The van der Waals surface area contributed by atoms with Gasteiger partial charge in [-0.3, -0.25) is 0 Å². The van der Waals surface area contributed by atoms with Crippen molar-refractivity contribution >= 4 is 10.8 Å². The predicted octanol–water partition coefficient (Wildman–Crippen LogP) is 11.1. The second-order valence-corrected chi connectivity index (χ2v) is 12.1. The second kappa shape index (κ2) is 11.5. The third-order valence-electron chi connectivity index (χ3n) is 9.45. The fourth-order valence-corrected chi connectivity index (χ4v) is 7.26. The van der Waals surface area contributed by atoms with Gasteiger partial charge in [0.1, 0.15) is 11.5 Å². The average Bonchev–Trinajstić information content (AvgIpc) is 3.17. The van der Waals surface area contributed by atoms with Gasteiger partial charge in [-0.05, 0) is 40.1 Å². The molecule has 8 aromatic rings. The van der Waals surface area contributed by atoms with Crippen LogP contribution in [0.4, 0.5) is 0 Å². The maximum atomic E-state index is 6.49. The van der Waals surface area contributed by atoms with Crippen molar-refractivity contribution in [3.63, 3.8) is 0 Å². The molecule has 0 spiro atoms. The molecule has 0 atom stereocenters. The summed E-state index contributed by atoms with van der Waals surface area (Å²) in [4.78, 5) is 10.3. The number of nitrogens with zero attached hydrogens (tertiary/aromatic N) is 2. The highest BCUT2D eigenvalue weighted by atomic mass is 16.5. The molecule has 0 aliphatic carbocycles. The Balaban J connectivity index is 1.25. The van der Waals surface area contributed by atoms with Crippen molar-refractivity contribution < 1.29 is 4.74 Å². The molecule has 3 nitrogen and oxygen atoms in total. The first-order valence-electron chi connectivity index (χ1n) is 16.2. The Bertz CT molecular complexity index is 2370. The zero-order chi connectivity index (χ0) is 31.9. The van der Waals surface area contributed by atoms with E-state index >= 15 is 0 Å². The molecule has 7 aromatic carbocycles. The zero-order valence-electron chi connectivity index (χ0n) is 26.1. The van der Waals surface area contributed by atoms with E-state index in [1.54, 1.807) is 0 Å². The molecule has 0 amide bonds. The maximum absolute atomic E-state index is 6.49. The van der Waals surface area contributed by atoms with Crippen LogP contribution in [-0.2, 0) is 5.41 Å². The van der Waals surface area contributed by atoms with Crippen molar-refractivity contribution in [2.75, 3.05) is 0 Å². The van der Waals surface area contributed by atoms with Crippen LogP contribution in [0.1, 0.15) is 22.3 Å². The topological polar surface area (TPSA) is 35.0 Å². The van der Waals surface area contributed by atoms with Gasteiger partial charge in [-0.2, -0.15) is 0 Å². The molecule has 0 bridgehead atoms. The van der Waals surface area contributed by atoms with Crippen LogP contribution in [0.15, 0.2) is 182 Å². The van der Waals surface area contributed by atoms with E-state index in [0.29, 0.717) is 5.82 Å². The Kier molecular flexibility index (Phi) is 6.69. The first-order valence-corrected chi connectivity index (χ1v) is 16.2. The van der Waals surface area contributed by atoms with E-state index in [9.17, 15) is 0 Å². The van der Waals surface area contributed by atoms with E-state index in [1.165, 1.54) is 16.3 Å². The molecular weight excluding hydrogens is 585 g/mol. The molecule has 0 fully saturated rings. The highest BCUT2D eigenvalue weighted by Gasteiger charge is 2.45. The second-order valence-electron chi connectivity index (χ2n) is 12.1. The Morgan fingerprint density at radius 1 is 0.417 bits per heavy atom. The van der Waals surface area contributed by atoms with E-state index in [-0.39, 0.29) is 0 Å². The highest BCUT2D eigenvalue weighted by Crippen LogP contribution is 2.55. The molecule has 0 radical (unpaired) electrons. The van der Waals surface area contributed by atoms with Gasteiger partial charge >= 0.3 is 0 Å². The van der Waals surface area contributed by atoms with Gasteiger partial charge in [-0.1, -0.05) is 164 Å². The largest absolute Gasteiger partial charge is 0.457 e. The first-order chi connectivity index (χ1) is 23.8. The van der Waals surface area contributed by atoms with Gasteiger partial charge in [0.2, 0.25) is 0 Å². The zero-order valence-corrected chi connectivity index (χ0v) is 26.1. The van der Waals surface area contributed by atoms with Crippen molar-refractivity contribution in [3.05, 3.63) is 204 Å². The van der Waals surface area contributed by atoms with Crippen molar-refractivity contribution in [3.8, 4) is 45.4 Å². The van der Waals surface area contributed by atoms with E-state index < -0.39 is 5.41 Å². The lowest BCUT2D eigenvalue weighted by Gasteiger charge is -2.41. The molecule has 0 unspecified atom stereocenters. The summed E-state index contributed by atoms with van der Waals surface area (Å²) in [6.45, 7) is 0. The minimum absolute atomic E-state index is 0.569. The Morgan fingerprint density at radius 3 is 1.71 bits per heavy atom. The van der Waals surface area contributed by atoms with Crippen molar-refractivity contribution in [1.29, 1.82) is 0 Å². The molecule has 3 heteroatoms. The van der Waals surface area contributed by atoms with Crippen LogP contribution in [0.25, 0.3) is 44.7 Å². The molecule has 0 saturated carbocycles. The van der Waals surface area contributed by atoms with Gasteiger partial charge in [0.15, 0.2) is 5.82 Å². The maximum Gasteiger partial charge on any atom is 0.160 e. The van der Waals surface area contributed by atoms with E-state index in [4.69, 9.17) is 14.7 Å². The highest BCUT2D eigenvalue weighted by molar-refractivity contribution is 5.96. The third kappa shape index (κ3) is 4.51. The molecule has 2 heterocycles. The summed E-state index contributed by atoms with van der Waals surface area (Å²) in [5, 5.41) is 2.35. The van der Waals surface area contributed by atoms with Gasteiger partial charge in [0.05, 0.1) is 16.8 Å².